The number of halogens is 5. The Labute approximate surface area is 158 Å². The predicted octanol–water partition coefficient (Wildman–Crippen LogP) is 5.78. The van der Waals surface area contributed by atoms with Crippen LogP contribution in [-0.2, 0) is 12.5 Å². The molecule has 3 nitrogen and oxygen atoms in total. The molecule has 0 fully saturated rings. The topological polar surface area (TPSA) is 39.9 Å². The van der Waals surface area contributed by atoms with E-state index in [1.54, 1.807) is 25.3 Å². The second-order valence-corrected chi connectivity index (χ2v) is 7.19. The van der Waals surface area contributed by atoms with Gasteiger partial charge < -0.3 is 4.90 Å². The van der Waals surface area contributed by atoms with Gasteiger partial charge in [-0.15, -0.1) is 11.3 Å². The van der Waals surface area contributed by atoms with E-state index in [4.69, 9.17) is 5.26 Å². The minimum absolute atomic E-state index is 0.0252. The van der Waals surface area contributed by atoms with Crippen molar-refractivity contribution in [2.24, 2.45) is 0 Å². The van der Waals surface area contributed by atoms with Crippen LogP contribution >= 0.6 is 11.3 Å². The summed E-state index contributed by atoms with van der Waals surface area (Å²) in [6.07, 6.45) is -4.84. The third-order valence-corrected chi connectivity index (χ3v) is 4.66. The van der Waals surface area contributed by atoms with Gasteiger partial charge in [-0.2, -0.15) is 18.4 Å². The Bertz CT molecular complexity index is 823. The van der Waals surface area contributed by atoms with Crippen LogP contribution in [0.1, 0.15) is 41.6 Å². The van der Waals surface area contributed by atoms with Gasteiger partial charge in [-0.05, 0) is 25.1 Å². The minimum Gasteiger partial charge on any atom is -0.357 e. The molecule has 0 amide bonds. The summed E-state index contributed by atoms with van der Waals surface area (Å²) in [5.41, 5.74) is -0.393. The van der Waals surface area contributed by atoms with Crippen molar-refractivity contribution >= 4 is 17.0 Å². The smallest absolute Gasteiger partial charge is 0.357 e. The molecule has 1 aromatic heterocycles. The zero-order valence-electron chi connectivity index (χ0n) is 14.8. The monoisotopic (exact) mass is 403 g/mol. The lowest BCUT2D eigenvalue weighted by Crippen LogP contribution is -2.34. The molecule has 2 aromatic rings. The van der Waals surface area contributed by atoms with Gasteiger partial charge in [0, 0.05) is 23.1 Å². The van der Waals surface area contributed by atoms with Gasteiger partial charge in [-0.1, -0.05) is 13.3 Å². The number of anilines is 1. The van der Waals surface area contributed by atoms with Crippen LogP contribution in [0, 0.1) is 18.3 Å². The van der Waals surface area contributed by atoms with Gasteiger partial charge in [0.1, 0.15) is 6.54 Å². The van der Waals surface area contributed by atoms with Gasteiger partial charge in [0.2, 0.25) is 0 Å². The van der Waals surface area contributed by atoms with E-state index >= 15 is 0 Å². The first-order valence-corrected chi connectivity index (χ1v) is 9.09. The lowest BCUT2D eigenvalue weighted by Gasteiger charge is -2.27. The minimum atomic E-state index is -4.52. The second kappa shape index (κ2) is 8.21. The number of nitrogens with zero attached hydrogens (tertiary/aromatic N) is 3. The summed E-state index contributed by atoms with van der Waals surface area (Å²) in [7, 11) is 0. The molecule has 0 spiro atoms. The molecule has 0 saturated carbocycles. The summed E-state index contributed by atoms with van der Waals surface area (Å²) in [6, 6.07) is 5.08. The number of thiazole rings is 1. The molecule has 0 N–H and O–H groups in total. The highest BCUT2D eigenvalue weighted by Crippen LogP contribution is 2.37. The molecular formula is C18H18F5N3S. The largest absolute Gasteiger partial charge is 0.405 e. The molecule has 2 rings (SSSR count). The Hall–Kier alpha value is -2.21. The molecule has 0 aliphatic carbocycles. The zero-order valence-corrected chi connectivity index (χ0v) is 15.6. The van der Waals surface area contributed by atoms with Crippen LogP contribution in [0.25, 0.3) is 0 Å². The number of alkyl halides is 5. The normalized spacial score (nSPS) is 12.1. The molecule has 9 heteroatoms. The molecule has 1 heterocycles. The Morgan fingerprint density at radius 1 is 1.22 bits per heavy atom. The third kappa shape index (κ3) is 5.63. The predicted molar refractivity (Wildman–Crippen MR) is 93.9 cm³/mol. The highest BCUT2D eigenvalue weighted by molar-refractivity contribution is 7.09. The average Bonchev–Trinajstić information content (AvgIpc) is 2.97. The van der Waals surface area contributed by atoms with E-state index in [0.29, 0.717) is 10.7 Å². The fourth-order valence-electron chi connectivity index (χ4n) is 2.71. The molecule has 1 aromatic carbocycles. The first-order chi connectivity index (χ1) is 12.6. The summed E-state index contributed by atoms with van der Waals surface area (Å²) < 4.78 is 67.9. The van der Waals surface area contributed by atoms with E-state index < -0.39 is 30.6 Å². The van der Waals surface area contributed by atoms with Crippen molar-refractivity contribution < 1.29 is 22.0 Å². The van der Waals surface area contributed by atoms with Crippen LogP contribution in [0.3, 0.4) is 0 Å². The molecule has 0 aliphatic heterocycles. The van der Waals surface area contributed by atoms with Crippen molar-refractivity contribution in [2.75, 3.05) is 11.4 Å². The average molecular weight is 403 g/mol. The van der Waals surface area contributed by atoms with Crippen molar-refractivity contribution in [3.8, 4) is 6.07 Å². The van der Waals surface area contributed by atoms with Gasteiger partial charge in [0.15, 0.2) is 0 Å². The van der Waals surface area contributed by atoms with E-state index in [-0.39, 0.29) is 24.2 Å². The molecule has 27 heavy (non-hydrogen) atoms. The maximum atomic E-state index is 14.4. The van der Waals surface area contributed by atoms with E-state index in [0.717, 1.165) is 17.0 Å². The maximum absolute atomic E-state index is 14.4. The Morgan fingerprint density at radius 2 is 1.93 bits per heavy atom. The number of hydrogen-bond donors (Lipinski definition) is 0. The molecule has 0 bridgehead atoms. The first kappa shape index (κ1) is 21.1. The fourth-order valence-corrected chi connectivity index (χ4v) is 3.31. The third-order valence-electron chi connectivity index (χ3n) is 3.84. The van der Waals surface area contributed by atoms with Crippen LogP contribution in [0.4, 0.5) is 27.6 Å². The molecule has 0 radical (unpaired) electrons. The molecule has 0 atom stereocenters. The SMILES string of the molecule is CCCC(F)(F)c1cc(N(Cc2csc(C)n2)CC(F)(F)F)ccc1C#N. The molecule has 0 aliphatic rings. The summed E-state index contributed by atoms with van der Waals surface area (Å²) in [4.78, 5) is 5.09. The van der Waals surface area contributed by atoms with Crippen molar-refractivity contribution in [3.63, 3.8) is 0 Å². The van der Waals surface area contributed by atoms with E-state index in [9.17, 15) is 22.0 Å². The van der Waals surface area contributed by atoms with Gasteiger partial charge in [0.25, 0.3) is 5.92 Å². The summed E-state index contributed by atoms with van der Waals surface area (Å²) >= 11 is 1.30. The number of nitriles is 1. The van der Waals surface area contributed by atoms with Crippen LogP contribution in [0.15, 0.2) is 23.6 Å². The Kier molecular flexibility index (Phi) is 6.42. The van der Waals surface area contributed by atoms with E-state index in [1.165, 1.54) is 17.4 Å². The lowest BCUT2D eigenvalue weighted by molar-refractivity contribution is -0.119. The quantitative estimate of drug-likeness (QED) is 0.550. The highest BCUT2D eigenvalue weighted by Gasteiger charge is 2.35. The van der Waals surface area contributed by atoms with Crippen LogP contribution in [-0.4, -0.2) is 17.7 Å². The standard InChI is InChI=1S/C18H18F5N3S/c1-3-6-17(19,20)16-7-15(5-4-13(16)8-24)26(11-18(21,22)23)9-14-10-27-12(2)25-14/h4-5,7,10H,3,6,9,11H2,1-2H3. The maximum Gasteiger partial charge on any atom is 0.405 e. The van der Waals surface area contributed by atoms with Crippen molar-refractivity contribution in [1.82, 2.24) is 4.98 Å². The molecule has 0 unspecified atom stereocenters. The second-order valence-electron chi connectivity index (χ2n) is 6.13. The van der Waals surface area contributed by atoms with Crippen LogP contribution in [0.2, 0.25) is 0 Å². The first-order valence-electron chi connectivity index (χ1n) is 8.21. The Morgan fingerprint density at radius 3 is 2.44 bits per heavy atom. The Balaban J connectivity index is 2.46. The fraction of sp³-hybridized carbons (Fsp3) is 0.444. The summed E-state index contributed by atoms with van der Waals surface area (Å²) in [5.74, 6) is -3.29. The molecular weight excluding hydrogens is 385 g/mol. The van der Waals surface area contributed by atoms with Crippen LogP contribution < -0.4 is 4.90 Å². The lowest BCUT2D eigenvalue weighted by atomic mass is 9.98. The number of rotatable bonds is 7. The molecule has 0 saturated heterocycles. The number of aromatic nitrogens is 1. The number of benzene rings is 1. The van der Waals surface area contributed by atoms with Crippen molar-refractivity contribution in [2.45, 2.75) is 45.3 Å². The zero-order chi connectivity index (χ0) is 20.2. The van der Waals surface area contributed by atoms with Crippen molar-refractivity contribution in [1.29, 1.82) is 5.26 Å². The number of hydrogen-bond acceptors (Lipinski definition) is 4. The van der Waals surface area contributed by atoms with Crippen LogP contribution in [0.5, 0.6) is 0 Å². The summed E-state index contributed by atoms with van der Waals surface area (Å²) in [5, 5.41) is 11.5. The summed E-state index contributed by atoms with van der Waals surface area (Å²) in [6.45, 7) is 1.82. The van der Waals surface area contributed by atoms with E-state index in [2.05, 4.69) is 4.98 Å². The van der Waals surface area contributed by atoms with Gasteiger partial charge in [-0.25, -0.2) is 13.8 Å². The molecule has 146 valence electrons. The van der Waals surface area contributed by atoms with Gasteiger partial charge in [-0.3, -0.25) is 0 Å². The highest BCUT2D eigenvalue weighted by atomic mass is 32.1. The van der Waals surface area contributed by atoms with Crippen molar-refractivity contribution in [3.05, 3.63) is 45.4 Å². The van der Waals surface area contributed by atoms with E-state index in [1.807, 2.05) is 0 Å². The number of aryl methyl sites for hydroxylation is 1. The van der Waals surface area contributed by atoms with Gasteiger partial charge >= 0.3 is 6.18 Å². The van der Waals surface area contributed by atoms with Gasteiger partial charge in [0.05, 0.1) is 28.9 Å².